The van der Waals surface area contributed by atoms with Crippen molar-refractivity contribution in [3.63, 3.8) is 0 Å². The number of halogens is 1. The minimum absolute atomic E-state index is 0. The number of pyridine rings is 1. The Bertz CT molecular complexity index is 911. The van der Waals surface area contributed by atoms with Crippen molar-refractivity contribution in [1.29, 1.82) is 0 Å². The fourth-order valence-electron chi connectivity index (χ4n) is 3.66. The Hall–Kier alpha value is -1.92. The number of hydrogen-bond acceptors (Lipinski definition) is 4. The highest BCUT2D eigenvalue weighted by atomic mass is 35.5. The van der Waals surface area contributed by atoms with E-state index < -0.39 is 15.8 Å². The second kappa shape index (κ2) is 9.52. The summed E-state index contributed by atoms with van der Waals surface area (Å²) in [5.41, 5.74) is 0.729. The Morgan fingerprint density at radius 2 is 1.96 bits per heavy atom. The second-order valence-corrected chi connectivity index (χ2v) is 9.50. The van der Waals surface area contributed by atoms with Crippen LogP contribution in [0.3, 0.4) is 0 Å². The van der Waals surface area contributed by atoms with Gasteiger partial charge >= 0.3 is 0 Å². The summed E-state index contributed by atoms with van der Waals surface area (Å²) in [6.45, 7) is 0. The molecule has 28 heavy (non-hydrogen) atoms. The number of hydrogen-bond donors (Lipinski definition) is 1. The molecule has 7 heteroatoms. The molecule has 1 aromatic carbocycles. The summed E-state index contributed by atoms with van der Waals surface area (Å²) in [7, 11) is -3.41. The van der Waals surface area contributed by atoms with Crippen LogP contribution in [0.25, 0.3) is 0 Å². The summed E-state index contributed by atoms with van der Waals surface area (Å²) in [6.07, 6.45) is 8.06. The first kappa shape index (κ1) is 22.4. The fraction of sp³-hybridized carbons (Fsp3) is 0.429. The molecule has 1 amide bonds. The van der Waals surface area contributed by atoms with Crippen LogP contribution in [-0.2, 0) is 14.6 Å². The molecule has 1 fully saturated rings. The summed E-state index contributed by atoms with van der Waals surface area (Å²) in [5.74, 6) is 0.431. The van der Waals surface area contributed by atoms with E-state index in [9.17, 15) is 13.2 Å². The van der Waals surface area contributed by atoms with Crippen LogP contribution in [0.1, 0.15) is 51.0 Å². The highest BCUT2D eigenvalue weighted by Crippen LogP contribution is 2.36. The monoisotopic (exact) mass is 422 g/mol. The van der Waals surface area contributed by atoms with E-state index in [-0.39, 0.29) is 23.3 Å². The van der Waals surface area contributed by atoms with Crippen LogP contribution < -0.4 is 5.32 Å². The van der Waals surface area contributed by atoms with Gasteiger partial charge in [0.2, 0.25) is 5.91 Å². The molecule has 152 valence electrons. The lowest BCUT2D eigenvalue weighted by molar-refractivity contribution is -0.118. The fourth-order valence-corrected chi connectivity index (χ4v) is 5.00. The Kier molecular flexibility index (Phi) is 7.61. The van der Waals surface area contributed by atoms with Crippen molar-refractivity contribution in [3.05, 3.63) is 53.2 Å². The van der Waals surface area contributed by atoms with Crippen LogP contribution in [0, 0.1) is 5.92 Å². The molecule has 0 bridgehead atoms. The Morgan fingerprint density at radius 3 is 2.54 bits per heavy atom. The van der Waals surface area contributed by atoms with Gasteiger partial charge in [-0.3, -0.25) is 4.79 Å². The van der Waals surface area contributed by atoms with Crippen molar-refractivity contribution in [2.45, 2.75) is 50.3 Å². The molecule has 1 saturated carbocycles. The van der Waals surface area contributed by atoms with Gasteiger partial charge in [0, 0.05) is 12.5 Å². The van der Waals surface area contributed by atoms with Crippen LogP contribution in [0.2, 0.25) is 5.02 Å². The molecule has 5 nitrogen and oxygen atoms in total. The number of aromatic nitrogens is 1. The van der Waals surface area contributed by atoms with E-state index in [0.29, 0.717) is 18.2 Å². The van der Waals surface area contributed by atoms with Crippen molar-refractivity contribution in [3.8, 4) is 0 Å². The minimum atomic E-state index is -3.41. The summed E-state index contributed by atoms with van der Waals surface area (Å²) >= 11 is 6.22. The van der Waals surface area contributed by atoms with Gasteiger partial charge < -0.3 is 5.32 Å². The third-order valence-corrected chi connectivity index (χ3v) is 6.61. The number of anilines is 1. The molecule has 1 aromatic heterocycles. The Balaban J connectivity index is 0.00000280. The van der Waals surface area contributed by atoms with Gasteiger partial charge in [-0.05, 0) is 42.2 Å². The molecule has 0 aliphatic heterocycles. The van der Waals surface area contributed by atoms with E-state index >= 15 is 0 Å². The van der Waals surface area contributed by atoms with Gasteiger partial charge in [0.25, 0.3) is 0 Å². The molecular formula is C21H27ClN2O3S. The van der Waals surface area contributed by atoms with Crippen LogP contribution in [-0.4, -0.2) is 25.6 Å². The number of rotatable bonds is 6. The zero-order chi connectivity index (χ0) is 19.4. The lowest BCUT2D eigenvalue weighted by Crippen LogP contribution is -2.23. The molecule has 2 aromatic rings. The van der Waals surface area contributed by atoms with E-state index in [0.717, 1.165) is 24.7 Å². The topological polar surface area (TPSA) is 76.1 Å². The van der Waals surface area contributed by atoms with Crippen LogP contribution in [0.15, 0.2) is 47.5 Å². The molecule has 0 spiro atoms. The van der Waals surface area contributed by atoms with Gasteiger partial charge in [-0.1, -0.05) is 56.8 Å². The molecule has 1 atom stereocenters. The highest BCUT2D eigenvalue weighted by Gasteiger charge is 2.28. The largest absolute Gasteiger partial charge is 0.310 e. The first-order valence-electron chi connectivity index (χ1n) is 9.06. The average Bonchev–Trinajstić information content (AvgIpc) is 3.12. The van der Waals surface area contributed by atoms with Crippen LogP contribution in [0.4, 0.5) is 5.82 Å². The molecule has 1 heterocycles. The molecule has 1 aliphatic carbocycles. The number of nitrogens with one attached hydrogen (secondary N) is 1. The third-order valence-electron chi connectivity index (χ3n) is 5.03. The van der Waals surface area contributed by atoms with Gasteiger partial charge in [0.1, 0.15) is 5.82 Å². The number of benzene rings is 1. The number of sulfone groups is 1. The quantitative estimate of drug-likeness (QED) is 0.704. The zero-order valence-electron chi connectivity index (χ0n) is 15.2. The maximum atomic E-state index is 13.0. The summed E-state index contributed by atoms with van der Waals surface area (Å²) in [4.78, 5) is 17.2. The summed E-state index contributed by atoms with van der Waals surface area (Å²) in [5, 5.41) is 3.02. The minimum Gasteiger partial charge on any atom is -0.310 e. The lowest BCUT2D eigenvalue weighted by atomic mass is 9.87. The van der Waals surface area contributed by atoms with Crippen molar-refractivity contribution < 1.29 is 13.2 Å². The van der Waals surface area contributed by atoms with Gasteiger partial charge in [-0.2, -0.15) is 0 Å². The molecule has 0 radical (unpaired) electrons. The molecule has 1 unspecified atom stereocenters. The number of amides is 1. The number of carbonyl (C=O) groups excluding carboxylic acids is 1. The van der Waals surface area contributed by atoms with Gasteiger partial charge in [0.05, 0.1) is 15.8 Å². The van der Waals surface area contributed by atoms with E-state index in [1.165, 1.54) is 18.9 Å². The predicted molar refractivity (Wildman–Crippen MR) is 113 cm³/mol. The third kappa shape index (κ3) is 5.55. The SMILES string of the molecule is C.CS(=O)(=O)c1ccc(C(CC2CCCC2)C(=O)Nc2ccccn2)cc1Cl. The average molecular weight is 423 g/mol. The van der Waals surface area contributed by atoms with Gasteiger partial charge in [0.15, 0.2) is 9.84 Å². The van der Waals surface area contributed by atoms with Crippen molar-refractivity contribution >= 4 is 33.2 Å². The Morgan fingerprint density at radius 1 is 1.25 bits per heavy atom. The van der Waals surface area contributed by atoms with Crippen LogP contribution in [0.5, 0.6) is 0 Å². The summed E-state index contributed by atoms with van der Waals surface area (Å²) in [6, 6.07) is 10.1. The molecule has 1 N–H and O–H groups in total. The van der Waals surface area contributed by atoms with E-state index in [1.54, 1.807) is 30.5 Å². The smallest absolute Gasteiger partial charge is 0.233 e. The Labute approximate surface area is 172 Å². The highest BCUT2D eigenvalue weighted by molar-refractivity contribution is 7.90. The first-order chi connectivity index (χ1) is 12.8. The van der Waals surface area contributed by atoms with E-state index in [1.807, 2.05) is 6.07 Å². The second-order valence-electron chi connectivity index (χ2n) is 7.11. The zero-order valence-corrected chi connectivity index (χ0v) is 16.8. The predicted octanol–water partition coefficient (Wildman–Crippen LogP) is 5.08. The molecule has 1 aliphatic rings. The van der Waals surface area contributed by atoms with Crippen LogP contribution >= 0.6 is 11.6 Å². The van der Waals surface area contributed by atoms with E-state index in [4.69, 9.17) is 11.6 Å². The van der Waals surface area contributed by atoms with Crippen molar-refractivity contribution in [2.75, 3.05) is 11.6 Å². The lowest BCUT2D eigenvalue weighted by Gasteiger charge is -2.21. The maximum absolute atomic E-state index is 13.0. The van der Waals surface area contributed by atoms with E-state index in [2.05, 4.69) is 10.3 Å². The maximum Gasteiger partial charge on any atom is 0.233 e. The first-order valence-corrected chi connectivity index (χ1v) is 11.3. The summed E-state index contributed by atoms with van der Waals surface area (Å²) < 4.78 is 23.6. The number of nitrogens with zero attached hydrogens (tertiary/aromatic N) is 1. The van der Waals surface area contributed by atoms with Gasteiger partial charge in [-0.25, -0.2) is 13.4 Å². The number of carbonyl (C=O) groups is 1. The normalized spacial score (nSPS) is 15.6. The van der Waals surface area contributed by atoms with Crippen molar-refractivity contribution in [1.82, 2.24) is 4.98 Å². The standard InChI is InChI=1S/C20H23ClN2O3S.CH4/c1-27(25,26)18-10-9-15(13-17(18)21)16(12-14-6-2-3-7-14)20(24)23-19-8-4-5-11-22-19;/h4-5,8-11,13-14,16H,2-3,6-7,12H2,1H3,(H,22,23,24);1H4. The van der Waals surface area contributed by atoms with Crippen molar-refractivity contribution in [2.24, 2.45) is 5.92 Å². The molecule has 0 saturated heterocycles. The van der Waals surface area contributed by atoms with Gasteiger partial charge in [-0.15, -0.1) is 0 Å². The molecule has 3 rings (SSSR count). The molecular weight excluding hydrogens is 396 g/mol.